The lowest BCUT2D eigenvalue weighted by Crippen LogP contribution is -2.55. The molecule has 7 N–H and O–H groups in total. The second-order valence-electron chi connectivity index (χ2n) is 8.06. The number of halogens is 1. The second-order valence-corrected chi connectivity index (χ2v) is 8.47. The lowest BCUT2D eigenvalue weighted by Gasteiger charge is -2.24. The largest absolute Gasteiger partial charge is 0.480 e. The van der Waals surface area contributed by atoms with E-state index >= 15 is 0 Å². The summed E-state index contributed by atoms with van der Waals surface area (Å²) in [5, 5.41) is 22.6. The van der Waals surface area contributed by atoms with E-state index < -0.39 is 36.0 Å². The van der Waals surface area contributed by atoms with Crippen LogP contribution in [-0.2, 0) is 16.0 Å². The molecule has 0 aliphatic heterocycles. The molecule has 11 nitrogen and oxygen atoms in total. The van der Waals surface area contributed by atoms with E-state index in [0.717, 1.165) is 11.1 Å². The standard InChI is InChI=1S/C24H30ClN7O4/c1-3-7-18(28-23(26)27)20(22(34)35)30-21(33)19(12-15-8-5-4-6-9-15)29-24(36)32-31-16-11-10-14(2)17(25)13-16/h4-6,8-11,13,18-20H,3,7,12H2,1-2H3,(H,29,36)(H,30,33)(H,34,35)(H4,26,27,28). The summed E-state index contributed by atoms with van der Waals surface area (Å²) >= 11 is 6.07. The van der Waals surface area contributed by atoms with Crippen molar-refractivity contribution < 1.29 is 19.5 Å². The number of rotatable bonds is 11. The zero-order valence-electron chi connectivity index (χ0n) is 20.0. The lowest BCUT2D eigenvalue weighted by atomic mass is 10.0. The molecule has 36 heavy (non-hydrogen) atoms. The number of carbonyl (C=O) groups is 3. The maximum Gasteiger partial charge on any atom is 0.360 e. The summed E-state index contributed by atoms with van der Waals surface area (Å²) in [7, 11) is 0. The minimum Gasteiger partial charge on any atom is -0.480 e. The van der Waals surface area contributed by atoms with Crippen molar-refractivity contribution in [2.45, 2.75) is 51.2 Å². The average molecular weight is 516 g/mol. The Bertz CT molecular complexity index is 1120. The fourth-order valence-electron chi connectivity index (χ4n) is 3.35. The van der Waals surface area contributed by atoms with Crippen LogP contribution in [0, 0.1) is 6.92 Å². The number of hydrogen-bond acceptors (Lipinski definition) is 5. The van der Waals surface area contributed by atoms with Crippen LogP contribution in [0.4, 0.5) is 10.5 Å². The summed E-state index contributed by atoms with van der Waals surface area (Å²) in [6.45, 7) is 3.66. The van der Waals surface area contributed by atoms with E-state index in [1.165, 1.54) is 0 Å². The molecule has 0 aliphatic rings. The molecule has 2 aromatic rings. The van der Waals surface area contributed by atoms with E-state index in [0.29, 0.717) is 23.6 Å². The molecule has 3 atom stereocenters. The van der Waals surface area contributed by atoms with Gasteiger partial charge in [-0.3, -0.25) is 4.79 Å². The first kappa shape index (κ1) is 28.2. The SMILES string of the molecule is CCCC(N=C(N)N)C(NC(=O)C(Cc1ccccc1)NC(=O)N=Nc1ccc(C)c(Cl)c1)C(=O)O. The highest BCUT2D eigenvalue weighted by atomic mass is 35.5. The molecule has 192 valence electrons. The van der Waals surface area contributed by atoms with Crippen LogP contribution in [-0.4, -0.2) is 47.1 Å². The highest BCUT2D eigenvalue weighted by Crippen LogP contribution is 2.22. The molecule has 2 rings (SSSR count). The van der Waals surface area contributed by atoms with Crippen LogP contribution in [0.2, 0.25) is 5.02 Å². The van der Waals surface area contributed by atoms with Crippen LogP contribution in [0.25, 0.3) is 0 Å². The number of hydrogen-bond donors (Lipinski definition) is 5. The predicted molar refractivity (Wildman–Crippen MR) is 137 cm³/mol. The number of guanidine groups is 1. The van der Waals surface area contributed by atoms with Crippen molar-refractivity contribution in [3.63, 3.8) is 0 Å². The molecule has 0 saturated carbocycles. The third-order valence-corrected chi connectivity index (χ3v) is 5.56. The first-order valence-electron chi connectivity index (χ1n) is 11.2. The van der Waals surface area contributed by atoms with Crippen LogP contribution < -0.4 is 22.1 Å². The number of azo groups is 1. The minimum atomic E-state index is -1.41. The average Bonchev–Trinajstić information content (AvgIpc) is 2.82. The van der Waals surface area contributed by atoms with E-state index in [-0.39, 0.29) is 12.4 Å². The Hall–Kier alpha value is -3.99. The number of nitrogens with one attached hydrogen (secondary N) is 2. The van der Waals surface area contributed by atoms with Gasteiger partial charge in [0.05, 0.1) is 11.7 Å². The first-order valence-corrected chi connectivity index (χ1v) is 11.6. The number of aliphatic imine (C=N–C) groups is 1. The van der Waals surface area contributed by atoms with Gasteiger partial charge in [-0.15, -0.1) is 5.11 Å². The lowest BCUT2D eigenvalue weighted by molar-refractivity contribution is -0.142. The van der Waals surface area contributed by atoms with E-state index in [4.69, 9.17) is 23.1 Å². The quantitative estimate of drug-likeness (QED) is 0.174. The molecular formula is C24H30ClN7O4. The topological polar surface area (TPSA) is 185 Å². The van der Waals surface area contributed by atoms with Gasteiger partial charge in [0.1, 0.15) is 12.1 Å². The molecule has 0 fully saturated rings. The van der Waals surface area contributed by atoms with Gasteiger partial charge < -0.3 is 27.2 Å². The number of aryl methyl sites for hydroxylation is 1. The molecule has 0 heterocycles. The molecule has 0 saturated heterocycles. The molecule has 0 spiro atoms. The van der Waals surface area contributed by atoms with Crippen molar-refractivity contribution >= 4 is 41.2 Å². The van der Waals surface area contributed by atoms with Crippen LogP contribution in [0.15, 0.2) is 63.8 Å². The molecule has 0 radical (unpaired) electrons. The molecule has 3 amide bonds. The summed E-state index contributed by atoms with van der Waals surface area (Å²) in [6, 6.07) is 9.51. The summed E-state index contributed by atoms with van der Waals surface area (Å²) in [6.07, 6.45) is 0.976. The molecule has 0 bridgehead atoms. The van der Waals surface area contributed by atoms with Crippen molar-refractivity contribution in [1.29, 1.82) is 0 Å². The number of carbonyl (C=O) groups excluding carboxylic acids is 2. The highest BCUT2D eigenvalue weighted by Gasteiger charge is 2.32. The fourth-order valence-corrected chi connectivity index (χ4v) is 3.53. The Morgan fingerprint density at radius 3 is 2.36 bits per heavy atom. The number of urea groups is 1. The number of carboxylic acid groups (broad SMARTS) is 1. The Kier molecular flexibility index (Phi) is 10.8. The van der Waals surface area contributed by atoms with Crippen molar-refractivity contribution in [2.24, 2.45) is 26.7 Å². The van der Waals surface area contributed by atoms with Crippen LogP contribution >= 0.6 is 11.6 Å². The second kappa shape index (κ2) is 13.8. The number of amides is 3. The Morgan fingerprint density at radius 1 is 1.08 bits per heavy atom. The van der Waals surface area contributed by atoms with Gasteiger partial charge in [-0.05, 0) is 36.6 Å². The molecule has 3 unspecified atom stereocenters. The zero-order chi connectivity index (χ0) is 26.7. The highest BCUT2D eigenvalue weighted by molar-refractivity contribution is 6.31. The summed E-state index contributed by atoms with van der Waals surface area (Å²) < 4.78 is 0. The van der Waals surface area contributed by atoms with E-state index in [1.807, 2.05) is 19.9 Å². The van der Waals surface area contributed by atoms with Gasteiger partial charge >= 0.3 is 12.0 Å². The van der Waals surface area contributed by atoms with Crippen molar-refractivity contribution in [1.82, 2.24) is 10.6 Å². The molecule has 12 heteroatoms. The van der Waals surface area contributed by atoms with Crippen molar-refractivity contribution in [3.05, 3.63) is 64.7 Å². The van der Waals surface area contributed by atoms with Crippen molar-refractivity contribution in [2.75, 3.05) is 0 Å². The number of aliphatic carboxylic acids is 1. The van der Waals surface area contributed by atoms with Gasteiger partial charge in [0.25, 0.3) is 0 Å². The van der Waals surface area contributed by atoms with Gasteiger partial charge in [-0.2, -0.15) is 0 Å². The molecular weight excluding hydrogens is 486 g/mol. The van der Waals surface area contributed by atoms with Gasteiger partial charge in [0, 0.05) is 11.4 Å². The van der Waals surface area contributed by atoms with Gasteiger partial charge in [0.2, 0.25) is 5.91 Å². The Morgan fingerprint density at radius 2 is 1.78 bits per heavy atom. The fraction of sp³-hybridized carbons (Fsp3) is 0.333. The molecule has 0 aliphatic carbocycles. The summed E-state index contributed by atoms with van der Waals surface area (Å²) in [5.41, 5.74) is 12.8. The van der Waals surface area contributed by atoms with Gasteiger partial charge in [-0.25, -0.2) is 14.6 Å². The van der Waals surface area contributed by atoms with Crippen LogP contribution in [0.5, 0.6) is 0 Å². The van der Waals surface area contributed by atoms with Gasteiger partial charge in [-0.1, -0.05) is 66.5 Å². The number of benzene rings is 2. The van der Waals surface area contributed by atoms with Crippen molar-refractivity contribution in [3.8, 4) is 0 Å². The Labute approximate surface area is 214 Å². The van der Waals surface area contributed by atoms with Gasteiger partial charge in [0.15, 0.2) is 5.96 Å². The van der Waals surface area contributed by atoms with E-state index in [9.17, 15) is 19.5 Å². The molecule has 2 aromatic carbocycles. The van der Waals surface area contributed by atoms with E-state index in [2.05, 4.69) is 25.9 Å². The third kappa shape index (κ3) is 8.99. The first-order chi connectivity index (χ1) is 17.1. The maximum atomic E-state index is 13.2. The smallest absolute Gasteiger partial charge is 0.360 e. The zero-order valence-corrected chi connectivity index (χ0v) is 20.8. The minimum absolute atomic E-state index is 0.0807. The normalized spacial score (nSPS) is 13.4. The maximum absolute atomic E-state index is 13.2. The van der Waals surface area contributed by atoms with Crippen LogP contribution in [0.1, 0.15) is 30.9 Å². The predicted octanol–water partition coefficient (Wildman–Crippen LogP) is 3.06. The number of nitrogens with two attached hydrogens (primary N) is 2. The summed E-state index contributed by atoms with van der Waals surface area (Å²) in [4.78, 5) is 41.6. The molecule has 0 aromatic heterocycles. The Balaban J connectivity index is 2.25. The monoisotopic (exact) mass is 515 g/mol. The third-order valence-electron chi connectivity index (χ3n) is 5.16. The van der Waals surface area contributed by atoms with E-state index in [1.54, 1.807) is 42.5 Å². The summed E-state index contributed by atoms with van der Waals surface area (Å²) in [5.74, 6) is -2.34. The number of carboxylic acids is 1. The number of nitrogens with zero attached hydrogens (tertiary/aromatic N) is 3. The van der Waals surface area contributed by atoms with Crippen LogP contribution in [0.3, 0.4) is 0 Å².